The molecule has 5 rings (SSSR count). The molecule has 3 aromatic rings. The van der Waals surface area contributed by atoms with Crippen molar-refractivity contribution in [1.82, 2.24) is 29.5 Å². The number of halogens is 2. The number of nitrogens with zero attached hydrogens (tertiary/aromatic N) is 7. The molecule has 11 nitrogen and oxygen atoms in total. The molecule has 2 fully saturated rings. The van der Waals surface area contributed by atoms with E-state index in [4.69, 9.17) is 21.6 Å². The first kappa shape index (κ1) is 30.7. The number of aryl methyl sites for hydroxylation is 1. The Labute approximate surface area is 256 Å². The lowest BCUT2D eigenvalue weighted by Gasteiger charge is -2.35. The van der Waals surface area contributed by atoms with Gasteiger partial charge in [-0.1, -0.05) is 31.5 Å². The predicted molar refractivity (Wildman–Crippen MR) is 166 cm³/mol. The molecule has 1 aromatic carbocycles. The van der Waals surface area contributed by atoms with Crippen molar-refractivity contribution >= 4 is 46.8 Å². The molecular weight excluding hydrogens is 573 g/mol. The number of nitrogens with one attached hydrogen (secondary N) is 2. The Morgan fingerprint density at radius 1 is 1.05 bits per heavy atom. The average Bonchev–Trinajstić information content (AvgIpc) is 3.38. The number of aromatic nitrogens is 4. The molecule has 0 spiro atoms. The van der Waals surface area contributed by atoms with Crippen LogP contribution in [0.4, 0.5) is 27.8 Å². The van der Waals surface area contributed by atoms with Gasteiger partial charge in [0.2, 0.25) is 11.9 Å². The van der Waals surface area contributed by atoms with Gasteiger partial charge in [0.1, 0.15) is 17.5 Å². The molecule has 2 aliphatic heterocycles. The summed E-state index contributed by atoms with van der Waals surface area (Å²) < 4.78 is 15.9. The van der Waals surface area contributed by atoms with Crippen molar-refractivity contribution in [3.8, 4) is 0 Å². The number of rotatable bonds is 9. The zero-order chi connectivity index (χ0) is 30.5. The molecule has 4 heterocycles. The molecule has 0 bridgehead atoms. The number of carbonyl (C=O) groups is 2. The Hall–Kier alpha value is -3.77. The van der Waals surface area contributed by atoms with Gasteiger partial charge < -0.3 is 25.3 Å². The van der Waals surface area contributed by atoms with Crippen LogP contribution < -0.4 is 15.5 Å². The van der Waals surface area contributed by atoms with Crippen LogP contribution >= 0.6 is 11.6 Å². The van der Waals surface area contributed by atoms with E-state index in [0.717, 1.165) is 50.7 Å². The SMILES string of the molecule is CCCC(=O)n1nc(C)cc1Nc1cc(N2CCN(CC)CC2)nc(NC2CCN(C(=O)c3cccc(Cl)c3F)CC2)n1. The van der Waals surface area contributed by atoms with Gasteiger partial charge in [0, 0.05) is 63.9 Å². The van der Waals surface area contributed by atoms with Gasteiger partial charge in [-0.25, -0.2) is 4.39 Å². The Morgan fingerprint density at radius 3 is 2.49 bits per heavy atom. The van der Waals surface area contributed by atoms with Gasteiger partial charge in [0.25, 0.3) is 5.91 Å². The Kier molecular flexibility index (Phi) is 9.76. The molecule has 0 radical (unpaired) electrons. The number of hydrogen-bond donors (Lipinski definition) is 2. The van der Waals surface area contributed by atoms with Crippen LogP contribution in [-0.2, 0) is 0 Å². The third-order valence-corrected chi connectivity index (χ3v) is 8.23. The van der Waals surface area contributed by atoms with E-state index in [-0.39, 0.29) is 28.4 Å². The first-order valence-corrected chi connectivity index (χ1v) is 15.4. The van der Waals surface area contributed by atoms with Crippen molar-refractivity contribution in [3.05, 3.63) is 52.4 Å². The highest BCUT2D eigenvalue weighted by molar-refractivity contribution is 6.31. The highest BCUT2D eigenvalue weighted by Gasteiger charge is 2.27. The first-order chi connectivity index (χ1) is 20.7. The second-order valence-corrected chi connectivity index (χ2v) is 11.4. The van der Waals surface area contributed by atoms with E-state index in [9.17, 15) is 14.0 Å². The maximum absolute atomic E-state index is 14.5. The number of likely N-dealkylation sites (N-methyl/N-ethyl adjacent to an activating group) is 1. The summed E-state index contributed by atoms with van der Waals surface area (Å²) in [7, 11) is 0. The third kappa shape index (κ3) is 7.24. The van der Waals surface area contributed by atoms with E-state index >= 15 is 0 Å². The van der Waals surface area contributed by atoms with Gasteiger partial charge in [-0.3, -0.25) is 9.59 Å². The lowest BCUT2D eigenvalue weighted by molar-refractivity contribution is 0.0713. The van der Waals surface area contributed by atoms with Crippen LogP contribution in [-0.4, -0.2) is 93.2 Å². The van der Waals surface area contributed by atoms with E-state index in [0.29, 0.717) is 49.9 Å². The van der Waals surface area contributed by atoms with E-state index < -0.39 is 5.82 Å². The van der Waals surface area contributed by atoms with E-state index in [1.165, 1.54) is 16.8 Å². The molecule has 2 saturated heterocycles. The minimum atomic E-state index is -0.688. The minimum Gasteiger partial charge on any atom is -0.354 e. The second-order valence-electron chi connectivity index (χ2n) is 11.0. The van der Waals surface area contributed by atoms with Crippen LogP contribution in [0.25, 0.3) is 0 Å². The summed E-state index contributed by atoms with van der Waals surface area (Å²) in [5.41, 5.74) is 0.718. The van der Waals surface area contributed by atoms with Crippen molar-refractivity contribution in [2.75, 3.05) is 61.3 Å². The fraction of sp³-hybridized carbons (Fsp3) is 0.500. The van der Waals surface area contributed by atoms with Crippen LogP contribution in [0.1, 0.15) is 60.4 Å². The zero-order valence-corrected chi connectivity index (χ0v) is 25.7. The van der Waals surface area contributed by atoms with E-state index in [1.807, 2.05) is 26.0 Å². The number of carbonyl (C=O) groups excluding carboxylic acids is 2. The van der Waals surface area contributed by atoms with Crippen LogP contribution in [0.15, 0.2) is 30.3 Å². The number of anilines is 4. The van der Waals surface area contributed by atoms with Gasteiger partial charge in [-0.15, -0.1) is 0 Å². The number of piperazine rings is 1. The van der Waals surface area contributed by atoms with Crippen LogP contribution in [0.5, 0.6) is 0 Å². The number of hydrogen-bond acceptors (Lipinski definition) is 9. The van der Waals surface area contributed by atoms with Gasteiger partial charge >= 0.3 is 0 Å². The highest BCUT2D eigenvalue weighted by Crippen LogP contribution is 2.26. The van der Waals surface area contributed by atoms with E-state index in [1.54, 1.807) is 11.0 Å². The molecule has 0 unspecified atom stereocenters. The molecule has 0 atom stereocenters. The lowest BCUT2D eigenvalue weighted by Crippen LogP contribution is -2.46. The predicted octanol–water partition coefficient (Wildman–Crippen LogP) is 4.82. The lowest BCUT2D eigenvalue weighted by atomic mass is 10.0. The standard InChI is InChI=1S/C30H39ClFN9O2/c1-4-7-27(42)41-26(18-20(3)37-41)34-24-19-25(39-16-14-38(5-2)15-17-39)36-30(35-24)33-21-10-12-40(13-11-21)29(43)22-8-6-9-23(31)28(22)32/h6,8-9,18-19,21H,4-5,7,10-17H2,1-3H3,(H2,33,34,35,36). The number of piperidine rings is 1. The molecule has 230 valence electrons. The molecular formula is C30H39ClFN9O2. The fourth-order valence-electron chi connectivity index (χ4n) is 5.50. The molecule has 13 heteroatoms. The van der Waals surface area contributed by atoms with Crippen LogP contribution in [0.3, 0.4) is 0 Å². The molecule has 43 heavy (non-hydrogen) atoms. The average molecular weight is 612 g/mol. The summed E-state index contributed by atoms with van der Waals surface area (Å²) in [6.45, 7) is 11.5. The second kappa shape index (κ2) is 13.7. The van der Waals surface area contributed by atoms with Gasteiger partial charge in [0.05, 0.1) is 16.3 Å². The maximum Gasteiger partial charge on any atom is 0.256 e. The molecule has 0 saturated carbocycles. The summed E-state index contributed by atoms with van der Waals surface area (Å²) in [6.07, 6.45) is 2.42. The number of likely N-dealkylation sites (tertiary alicyclic amines) is 1. The summed E-state index contributed by atoms with van der Waals surface area (Å²) >= 11 is 5.89. The Bertz CT molecular complexity index is 1450. The van der Waals surface area contributed by atoms with Crippen LogP contribution in [0.2, 0.25) is 5.02 Å². The summed E-state index contributed by atoms with van der Waals surface area (Å²) in [4.78, 5) is 41.6. The molecule has 2 aliphatic rings. The van der Waals surface area contributed by atoms with Gasteiger partial charge in [-0.05, 0) is 44.9 Å². The molecule has 1 amide bonds. The van der Waals surface area contributed by atoms with Crippen molar-refractivity contribution in [1.29, 1.82) is 0 Å². The molecule has 0 aliphatic carbocycles. The fourth-order valence-corrected chi connectivity index (χ4v) is 5.67. The van der Waals surface area contributed by atoms with Crippen molar-refractivity contribution in [2.45, 2.75) is 52.5 Å². The van der Waals surface area contributed by atoms with Gasteiger partial charge in [0.15, 0.2) is 5.82 Å². The van der Waals surface area contributed by atoms with Crippen molar-refractivity contribution in [3.63, 3.8) is 0 Å². The monoisotopic (exact) mass is 611 g/mol. The third-order valence-electron chi connectivity index (χ3n) is 7.94. The van der Waals surface area contributed by atoms with Crippen molar-refractivity contribution in [2.24, 2.45) is 0 Å². The Morgan fingerprint density at radius 2 is 1.79 bits per heavy atom. The smallest absolute Gasteiger partial charge is 0.256 e. The Balaban J connectivity index is 1.33. The quantitative estimate of drug-likeness (QED) is 0.352. The van der Waals surface area contributed by atoms with Gasteiger partial charge in [-0.2, -0.15) is 19.7 Å². The van der Waals surface area contributed by atoms with Crippen LogP contribution in [0, 0.1) is 12.7 Å². The molecule has 2 aromatic heterocycles. The summed E-state index contributed by atoms with van der Waals surface area (Å²) in [6, 6.07) is 8.24. The van der Waals surface area contributed by atoms with E-state index in [2.05, 4.69) is 32.5 Å². The largest absolute Gasteiger partial charge is 0.354 e. The maximum atomic E-state index is 14.5. The number of amides is 1. The summed E-state index contributed by atoms with van der Waals surface area (Å²) in [5, 5.41) is 11.1. The summed E-state index contributed by atoms with van der Waals surface area (Å²) in [5.74, 6) is 1.24. The normalized spacial score (nSPS) is 16.4. The number of benzene rings is 1. The minimum absolute atomic E-state index is 0.0132. The highest BCUT2D eigenvalue weighted by atomic mass is 35.5. The topological polar surface area (TPSA) is 112 Å². The zero-order valence-electron chi connectivity index (χ0n) is 24.9. The van der Waals surface area contributed by atoms with Crippen molar-refractivity contribution < 1.29 is 14.0 Å². The first-order valence-electron chi connectivity index (χ1n) is 15.0. The molecule has 2 N–H and O–H groups in total.